The molecule has 0 spiro atoms. The fraction of sp³-hybridized carbons (Fsp3) is 0.367. The van der Waals surface area contributed by atoms with Crippen LogP contribution in [0.4, 0.5) is 11.8 Å². The monoisotopic (exact) mass is 510 g/mol. The number of aromatic hydroxyl groups is 1. The Kier molecular flexibility index (Phi) is 6.39. The van der Waals surface area contributed by atoms with Crippen molar-refractivity contribution in [2.45, 2.75) is 38.8 Å². The first-order valence-electron chi connectivity index (χ1n) is 13.5. The molecule has 1 aliphatic carbocycles. The van der Waals surface area contributed by atoms with Gasteiger partial charge in [0, 0.05) is 44.3 Å². The molecule has 2 aromatic carbocycles. The van der Waals surface area contributed by atoms with E-state index in [-0.39, 0.29) is 29.8 Å². The van der Waals surface area contributed by atoms with E-state index in [1.54, 1.807) is 0 Å². The Morgan fingerprint density at radius 2 is 1.53 bits per heavy atom. The van der Waals surface area contributed by atoms with Gasteiger partial charge in [0.2, 0.25) is 17.7 Å². The minimum absolute atomic E-state index is 0.0662. The third-order valence-corrected chi connectivity index (χ3v) is 7.56. The lowest BCUT2D eigenvalue weighted by molar-refractivity contribution is -0.132. The highest BCUT2D eigenvalue weighted by molar-refractivity contribution is 5.94. The SMILES string of the molecule is CC(C)n1cc2c(NC(c3ccccc3)c3ccccc3)nc(N3CCN(C(=O)C4CC4)CC3)nc2c1O. The molecule has 2 N–H and O–H groups in total. The van der Waals surface area contributed by atoms with Gasteiger partial charge in [-0.2, -0.15) is 4.98 Å². The van der Waals surface area contributed by atoms with Gasteiger partial charge in [-0.1, -0.05) is 60.7 Å². The van der Waals surface area contributed by atoms with Crippen molar-refractivity contribution in [2.75, 3.05) is 36.4 Å². The fourth-order valence-electron chi connectivity index (χ4n) is 5.22. The zero-order valence-electron chi connectivity index (χ0n) is 21.9. The summed E-state index contributed by atoms with van der Waals surface area (Å²) < 4.78 is 1.83. The highest BCUT2D eigenvalue weighted by Crippen LogP contribution is 2.37. The molecule has 3 heterocycles. The predicted octanol–water partition coefficient (Wildman–Crippen LogP) is 4.98. The summed E-state index contributed by atoms with van der Waals surface area (Å²) in [6.45, 7) is 6.72. The molecular formula is C30H34N6O2. The van der Waals surface area contributed by atoms with Crippen molar-refractivity contribution in [3.63, 3.8) is 0 Å². The number of hydrogen-bond acceptors (Lipinski definition) is 6. The molecule has 196 valence electrons. The van der Waals surface area contributed by atoms with Gasteiger partial charge in [0.05, 0.1) is 11.4 Å². The van der Waals surface area contributed by atoms with Crippen molar-refractivity contribution in [1.29, 1.82) is 0 Å². The van der Waals surface area contributed by atoms with Crippen LogP contribution in [0.1, 0.15) is 49.9 Å². The minimum atomic E-state index is -0.138. The summed E-state index contributed by atoms with van der Waals surface area (Å²) in [5, 5.41) is 15.6. The lowest BCUT2D eigenvalue weighted by Crippen LogP contribution is -2.49. The highest BCUT2D eigenvalue weighted by Gasteiger charge is 2.35. The largest absolute Gasteiger partial charge is 0.493 e. The molecule has 1 amide bonds. The van der Waals surface area contributed by atoms with Gasteiger partial charge in [-0.3, -0.25) is 4.79 Å². The number of nitrogens with zero attached hydrogens (tertiary/aromatic N) is 5. The number of carbonyl (C=O) groups is 1. The van der Waals surface area contributed by atoms with Crippen LogP contribution in [0.5, 0.6) is 5.88 Å². The fourth-order valence-corrected chi connectivity index (χ4v) is 5.22. The molecule has 2 aliphatic rings. The molecule has 8 nitrogen and oxygen atoms in total. The van der Waals surface area contributed by atoms with Gasteiger partial charge in [-0.15, -0.1) is 0 Å². The number of anilines is 2. The van der Waals surface area contributed by atoms with Crippen LogP contribution in [0, 0.1) is 5.92 Å². The Labute approximate surface area is 222 Å². The minimum Gasteiger partial charge on any atom is -0.493 e. The van der Waals surface area contributed by atoms with Crippen molar-refractivity contribution in [1.82, 2.24) is 19.4 Å². The van der Waals surface area contributed by atoms with Gasteiger partial charge >= 0.3 is 0 Å². The van der Waals surface area contributed by atoms with E-state index in [0.29, 0.717) is 43.5 Å². The van der Waals surface area contributed by atoms with E-state index in [0.717, 1.165) is 29.4 Å². The maximum absolute atomic E-state index is 12.6. The summed E-state index contributed by atoms with van der Waals surface area (Å²) >= 11 is 0. The van der Waals surface area contributed by atoms with E-state index < -0.39 is 0 Å². The summed E-state index contributed by atoms with van der Waals surface area (Å²) in [7, 11) is 0. The number of benzene rings is 2. The lowest BCUT2D eigenvalue weighted by atomic mass is 9.98. The van der Waals surface area contributed by atoms with Crippen molar-refractivity contribution in [2.24, 2.45) is 5.92 Å². The maximum Gasteiger partial charge on any atom is 0.228 e. The number of rotatable bonds is 7. The third kappa shape index (κ3) is 4.66. The molecule has 0 bridgehead atoms. The van der Waals surface area contributed by atoms with Gasteiger partial charge in [-0.25, -0.2) is 4.98 Å². The average Bonchev–Trinajstić information content (AvgIpc) is 3.75. The molecule has 8 heteroatoms. The van der Waals surface area contributed by atoms with E-state index >= 15 is 0 Å². The average molecular weight is 511 g/mol. The van der Waals surface area contributed by atoms with Crippen LogP contribution < -0.4 is 10.2 Å². The Bertz CT molecular complexity index is 1380. The number of carbonyl (C=O) groups excluding carboxylic acids is 1. The summed E-state index contributed by atoms with van der Waals surface area (Å²) in [6, 6.07) is 20.5. The van der Waals surface area contributed by atoms with Gasteiger partial charge < -0.3 is 24.8 Å². The molecule has 38 heavy (non-hydrogen) atoms. The van der Waals surface area contributed by atoms with Crippen molar-refractivity contribution >= 4 is 28.6 Å². The van der Waals surface area contributed by atoms with Crippen molar-refractivity contribution in [3.05, 3.63) is 78.0 Å². The number of nitrogens with one attached hydrogen (secondary N) is 1. The standard InChI is InChI=1S/C30H34N6O2/c1-20(2)36-19-24-26(29(36)38)32-30(35-17-15-34(16-18-35)28(37)23-13-14-23)33-27(24)31-25(21-9-5-3-6-10-21)22-11-7-4-8-12-22/h3-12,19-20,23,25,38H,13-18H2,1-2H3,(H,31,32,33). The lowest BCUT2D eigenvalue weighted by Gasteiger charge is -2.35. The zero-order chi connectivity index (χ0) is 26.2. The first kappa shape index (κ1) is 24.3. The first-order chi connectivity index (χ1) is 18.5. The van der Waals surface area contributed by atoms with Crippen LogP contribution in [0.15, 0.2) is 66.9 Å². The van der Waals surface area contributed by atoms with E-state index in [1.165, 1.54) is 0 Å². The van der Waals surface area contributed by atoms with Gasteiger partial charge in [0.25, 0.3) is 0 Å². The van der Waals surface area contributed by atoms with Gasteiger partial charge in [0.15, 0.2) is 0 Å². The molecule has 6 rings (SSSR count). The molecule has 2 aromatic heterocycles. The summed E-state index contributed by atoms with van der Waals surface area (Å²) in [5.74, 6) is 1.89. The van der Waals surface area contributed by atoms with Crippen LogP contribution in [0.25, 0.3) is 10.9 Å². The predicted molar refractivity (Wildman–Crippen MR) is 149 cm³/mol. The number of aromatic nitrogens is 3. The second-order valence-corrected chi connectivity index (χ2v) is 10.6. The molecule has 4 aromatic rings. The third-order valence-electron chi connectivity index (χ3n) is 7.56. The molecule has 0 unspecified atom stereocenters. The van der Waals surface area contributed by atoms with E-state index in [4.69, 9.17) is 9.97 Å². The molecule has 0 radical (unpaired) electrons. The first-order valence-corrected chi connectivity index (χ1v) is 13.5. The normalized spacial score (nSPS) is 16.0. The molecule has 0 atom stereocenters. The molecular weight excluding hydrogens is 476 g/mol. The second kappa shape index (κ2) is 10.0. The van der Waals surface area contributed by atoms with E-state index in [1.807, 2.05) is 65.9 Å². The Hall–Kier alpha value is -4.07. The van der Waals surface area contributed by atoms with Crippen LogP contribution in [0.3, 0.4) is 0 Å². The van der Waals surface area contributed by atoms with Crippen molar-refractivity contribution < 1.29 is 9.90 Å². The van der Waals surface area contributed by atoms with E-state index in [9.17, 15) is 9.90 Å². The molecule has 1 saturated heterocycles. The number of amides is 1. The molecule has 1 aliphatic heterocycles. The van der Waals surface area contributed by atoms with E-state index in [2.05, 4.69) is 34.5 Å². The Morgan fingerprint density at radius 1 is 0.921 bits per heavy atom. The Balaban J connectivity index is 1.39. The number of fused-ring (bicyclic) bond motifs is 1. The number of hydrogen-bond donors (Lipinski definition) is 2. The van der Waals surface area contributed by atoms with Crippen LogP contribution in [-0.2, 0) is 4.79 Å². The van der Waals surface area contributed by atoms with Crippen LogP contribution in [0.2, 0.25) is 0 Å². The summed E-state index contributed by atoms with van der Waals surface area (Å²) in [6.07, 6.45) is 3.97. The Morgan fingerprint density at radius 3 is 2.08 bits per heavy atom. The molecule has 2 fully saturated rings. The number of piperazine rings is 1. The summed E-state index contributed by atoms with van der Waals surface area (Å²) in [5.41, 5.74) is 2.76. The smallest absolute Gasteiger partial charge is 0.228 e. The topological polar surface area (TPSA) is 86.5 Å². The quantitative estimate of drug-likeness (QED) is 0.365. The summed E-state index contributed by atoms with van der Waals surface area (Å²) in [4.78, 5) is 26.5. The van der Waals surface area contributed by atoms with Gasteiger partial charge in [0.1, 0.15) is 11.3 Å². The van der Waals surface area contributed by atoms with Gasteiger partial charge in [-0.05, 0) is 37.8 Å². The second-order valence-electron chi connectivity index (χ2n) is 10.6. The molecule has 1 saturated carbocycles. The highest BCUT2D eigenvalue weighted by atomic mass is 16.3. The van der Waals surface area contributed by atoms with Crippen molar-refractivity contribution in [3.8, 4) is 5.88 Å². The van der Waals surface area contributed by atoms with Crippen LogP contribution in [-0.4, -0.2) is 56.6 Å². The maximum atomic E-state index is 12.6. The van der Waals surface area contributed by atoms with Crippen LogP contribution >= 0.6 is 0 Å². The zero-order valence-corrected chi connectivity index (χ0v) is 21.9.